The van der Waals surface area contributed by atoms with Crippen LogP contribution in [0.25, 0.3) is 0 Å². The molecule has 0 spiro atoms. The molecule has 5 heteroatoms. The average Bonchev–Trinajstić information content (AvgIpc) is 1.98. The van der Waals surface area contributed by atoms with Gasteiger partial charge < -0.3 is 0 Å². The molecule has 0 atom stereocenters. The van der Waals surface area contributed by atoms with E-state index in [0.717, 1.165) is 13.3 Å². The molecule has 1 aliphatic rings. The average molecular weight is 156 g/mol. The van der Waals surface area contributed by atoms with Gasteiger partial charge in [-0.1, -0.05) is 5.98 Å². The van der Waals surface area contributed by atoms with E-state index in [2.05, 4.69) is 0 Å². The molecule has 0 aromatic carbocycles. The molecule has 0 fully saturated rings. The fourth-order valence-corrected chi connectivity index (χ4v) is 0.407. The first kappa shape index (κ1) is 9.97. The Labute approximate surface area is 93.9 Å². The van der Waals surface area contributed by atoms with Gasteiger partial charge in [0, 0.05) is 51.4 Å². The monoisotopic (exact) mass is 156 g/mol. The van der Waals surface area contributed by atoms with Gasteiger partial charge in [0.2, 0.25) is 7.28 Å². The molecule has 2 radical (unpaired) electrons. The van der Waals surface area contributed by atoms with Crippen molar-refractivity contribution in [3.8, 4) is 0 Å². The molecule has 0 saturated heterocycles. The Morgan fingerprint density at radius 2 is 1.78 bits per heavy atom. The molecule has 0 N–H and O–H groups in total. The van der Waals surface area contributed by atoms with Gasteiger partial charge in [0.15, 0.2) is 5.83 Å². The van der Waals surface area contributed by atoms with Gasteiger partial charge in [0.25, 0.3) is 0 Å². The SMILES string of the molecule is FC1=C[B]C(F)=C1F.[K]. The van der Waals surface area contributed by atoms with Crippen molar-refractivity contribution in [2.75, 3.05) is 0 Å². The van der Waals surface area contributed by atoms with Crippen molar-refractivity contribution in [1.29, 1.82) is 0 Å². The summed E-state index contributed by atoms with van der Waals surface area (Å²) in [7, 11) is 0.741. The topological polar surface area (TPSA) is 0 Å². The molecule has 42 valence electrons. The van der Waals surface area contributed by atoms with Gasteiger partial charge in [-0.3, -0.25) is 0 Å². The van der Waals surface area contributed by atoms with Gasteiger partial charge >= 0.3 is 0 Å². The molecule has 1 aliphatic heterocycles. The second-order valence-corrected chi connectivity index (χ2v) is 1.34. The Kier molecular flexibility index (Phi) is 4.41. The summed E-state index contributed by atoms with van der Waals surface area (Å²) in [6.45, 7) is 0. The van der Waals surface area contributed by atoms with E-state index in [1.807, 2.05) is 0 Å². The summed E-state index contributed by atoms with van der Waals surface area (Å²) in [4.78, 5) is 0. The van der Waals surface area contributed by atoms with Crippen molar-refractivity contribution in [2.45, 2.75) is 0 Å². The molecular weight excluding hydrogens is 155 g/mol. The van der Waals surface area contributed by atoms with Gasteiger partial charge in [-0.25, -0.2) is 13.2 Å². The first-order valence-electron chi connectivity index (χ1n) is 1.98. The number of hydrogen-bond donors (Lipinski definition) is 0. The molecule has 0 bridgehead atoms. The molecule has 9 heavy (non-hydrogen) atoms. The smallest absolute Gasteiger partial charge is 0.220 e. The van der Waals surface area contributed by atoms with Gasteiger partial charge in [-0.2, -0.15) is 0 Å². The Hall–Kier alpha value is 0.971. The predicted octanol–water partition coefficient (Wildman–Crippen LogP) is 1.24. The normalized spacial score (nSPS) is 16.6. The van der Waals surface area contributed by atoms with Crippen molar-refractivity contribution in [3.05, 3.63) is 23.4 Å². The zero-order chi connectivity index (χ0) is 6.15. The fourth-order valence-electron chi connectivity index (χ4n) is 0.407. The van der Waals surface area contributed by atoms with E-state index in [0.29, 0.717) is 0 Å². The van der Waals surface area contributed by atoms with Crippen LogP contribution >= 0.6 is 0 Å². The zero-order valence-electron chi connectivity index (χ0n) is 4.79. The summed E-state index contributed by atoms with van der Waals surface area (Å²) in [5, 5.41) is 0. The van der Waals surface area contributed by atoms with Crippen molar-refractivity contribution in [1.82, 2.24) is 0 Å². The molecule has 0 aromatic rings. The summed E-state index contributed by atoms with van der Waals surface area (Å²) in [6, 6.07) is 0. The van der Waals surface area contributed by atoms with Crippen LogP contribution in [0.4, 0.5) is 13.2 Å². The van der Waals surface area contributed by atoms with E-state index in [-0.39, 0.29) is 51.4 Å². The van der Waals surface area contributed by atoms with Crippen molar-refractivity contribution in [3.63, 3.8) is 0 Å². The molecule has 1 heterocycles. The van der Waals surface area contributed by atoms with Gasteiger partial charge in [-0.15, -0.1) is 0 Å². The molecule has 1 rings (SSSR count). The summed E-state index contributed by atoms with van der Waals surface area (Å²) < 4.78 is 35.2. The molecular formula is C4HBF3K. The van der Waals surface area contributed by atoms with E-state index < -0.39 is 17.4 Å². The number of hydrogen-bond acceptors (Lipinski definition) is 0. The Balaban J connectivity index is 0.000000640. The van der Waals surface area contributed by atoms with Crippen molar-refractivity contribution >= 4 is 58.7 Å². The Morgan fingerprint density at radius 3 is 1.89 bits per heavy atom. The fraction of sp³-hybridized carbons (Fsp3) is 0. The van der Waals surface area contributed by atoms with Crippen molar-refractivity contribution in [2.24, 2.45) is 0 Å². The van der Waals surface area contributed by atoms with Crippen LogP contribution in [0.1, 0.15) is 0 Å². The third-order valence-electron chi connectivity index (χ3n) is 0.795. The first-order chi connectivity index (χ1) is 3.72. The standard InChI is InChI=1S/C4HBF3.K/c6-2-1-5-4(8)3(2)7;/h1H;. The largest absolute Gasteiger partial charge is 0.229 e. The minimum Gasteiger partial charge on any atom is -0.220 e. The van der Waals surface area contributed by atoms with E-state index in [1.165, 1.54) is 0 Å². The number of halogens is 3. The number of allylic oxidation sites excluding steroid dienone is 2. The minimum absolute atomic E-state index is 0. The predicted molar refractivity (Wildman–Crippen MR) is 29.9 cm³/mol. The van der Waals surface area contributed by atoms with Crippen LogP contribution in [-0.2, 0) is 0 Å². The molecule has 0 amide bonds. The molecule has 0 aromatic heterocycles. The Bertz CT molecular complexity index is 169. The third kappa shape index (κ3) is 2.23. The molecule has 0 nitrogen and oxygen atoms in total. The quantitative estimate of drug-likeness (QED) is 0.463. The molecule has 0 unspecified atom stereocenters. The number of rotatable bonds is 0. The van der Waals surface area contributed by atoms with Crippen LogP contribution < -0.4 is 0 Å². The van der Waals surface area contributed by atoms with Crippen LogP contribution in [0.5, 0.6) is 0 Å². The second-order valence-electron chi connectivity index (χ2n) is 1.34. The molecule has 0 aliphatic carbocycles. The maximum Gasteiger partial charge on any atom is 0.229 e. The maximum absolute atomic E-state index is 11.7. The van der Waals surface area contributed by atoms with Crippen LogP contribution in [-0.4, -0.2) is 58.7 Å². The summed E-state index contributed by atoms with van der Waals surface area (Å²) >= 11 is 0. The van der Waals surface area contributed by atoms with Crippen LogP contribution in [0.2, 0.25) is 0 Å². The minimum atomic E-state index is -1.40. The van der Waals surface area contributed by atoms with E-state index in [1.54, 1.807) is 0 Å². The van der Waals surface area contributed by atoms with E-state index in [9.17, 15) is 13.2 Å². The van der Waals surface area contributed by atoms with Crippen LogP contribution in [0, 0.1) is 0 Å². The third-order valence-corrected chi connectivity index (χ3v) is 0.795. The van der Waals surface area contributed by atoms with Gasteiger partial charge in [0.1, 0.15) is 5.83 Å². The van der Waals surface area contributed by atoms with Gasteiger partial charge in [0.05, 0.1) is 5.73 Å². The second kappa shape index (κ2) is 3.98. The Morgan fingerprint density at radius 1 is 1.22 bits per heavy atom. The summed E-state index contributed by atoms with van der Waals surface area (Å²) in [6.07, 6.45) is 0. The first-order valence-corrected chi connectivity index (χ1v) is 1.98. The van der Waals surface area contributed by atoms with Crippen LogP contribution in [0.3, 0.4) is 0 Å². The van der Waals surface area contributed by atoms with E-state index >= 15 is 0 Å². The summed E-state index contributed by atoms with van der Waals surface area (Å²) in [5.41, 5.74) is -1.14. The summed E-state index contributed by atoms with van der Waals surface area (Å²) in [5.74, 6) is -1.79. The van der Waals surface area contributed by atoms with Gasteiger partial charge in [-0.05, 0) is 0 Å². The molecule has 0 saturated carbocycles. The zero-order valence-corrected chi connectivity index (χ0v) is 7.91. The van der Waals surface area contributed by atoms with Crippen molar-refractivity contribution < 1.29 is 13.2 Å². The maximum atomic E-state index is 11.7. The van der Waals surface area contributed by atoms with Crippen LogP contribution in [0.15, 0.2) is 23.4 Å². The van der Waals surface area contributed by atoms with E-state index in [4.69, 9.17) is 0 Å².